The molecule has 0 aliphatic heterocycles. The first-order valence-corrected chi connectivity index (χ1v) is 3.82. The number of H-pyrrole nitrogens is 1. The second-order valence-electron chi connectivity index (χ2n) is 2.18. The summed E-state index contributed by atoms with van der Waals surface area (Å²) in [5.41, 5.74) is 0.721. The third kappa shape index (κ3) is 0.988. The highest BCUT2D eigenvalue weighted by Gasteiger charge is 2.03. The molecule has 1 N–H and O–H groups in total. The van der Waals surface area contributed by atoms with Gasteiger partial charge in [-0.25, -0.2) is 0 Å². The second-order valence-corrected chi connectivity index (χ2v) is 2.99. The fourth-order valence-corrected chi connectivity index (χ4v) is 1.38. The fourth-order valence-electron chi connectivity index (χ4n) is 0.969. The molecule has 4 heteroatoms. The van der Waals surface area contributed by atoms with Crippen molar-refractivity contribution in [3.63, 3.8) is 0 Å². The molecule has 0 saturated heterocycles. The third-order valence-corrected chi connectivity index (χ3v) is 2.13. The van der Waals surface area contributed by atoms with Crippen molar-refractivity contribution in [3.8, 4) is 0 Å². The number of aromatic nitrogens is 2. The zero-order valence-electron chi connectivity index (χ0n) is 5.44. The number of nitrogens with one attached hydrogen (secondary N) is 1. The molecule has 0 atom stereocenters. The van der Waals surface area contributed by atoms with Gasteiger partial charge in [0, 0.05) is 11.6 Å². The molecule has 0 aliphatic carbocycles. The highest BCUT2D eigenvalue weighted by atomic mass is 35.5. The smallest absolute Gasteiger partial charge is 0.112 e. The van der Waals surface area contributed by atoms with Crippen LogP contribution in [0.25, 0.3) is 10.9 Å². The lowest BCUT2D eigenvalue weighted by Crippen LogP contribution is -1.71. The van der Waals surface area contributed by atoms with Crippen molar-refractivity contribution in [3.05, 3.63) is 28.4 Å². The van der Waals surface area contributed by atoms with Gasteiger partial charge in [0.1, 0.15) is 5.52 Å². The Hall–Kier alpha value is -0.730. The quantitative estimate of drug-likeness (QED) is 0.674. The second kappa shape index (κ2) is 2.40. The number of halogens is 2. The molecule has 1 heterocycles. The van der Waals surface area contributed by atoms with E-state index in [0.717, 1.165) is 10.9 Å². The summed E-state index contributed by atoms with van der Waals surface area (Å²) in [6.45, 7) is 0. The van der Waals surface area contributed by atoms with E-state index < -0.39 is 0 Å². The average Bonchev–Trinajstić information content (AvgIpc) is 2.45. The molecular formula is C7H4Cl2N2. The normalized spacial score (nSPS) is 10.7. The van der Waals surface area contributed by atoms with Gasteiger partial charge in [0.05, 0.1) is 10.0 Å². The number of aromatic amines is 1. The molecule has 0 spiro atoms. The van der Waals surface area contributed by atoms with E-state index >= 15 is 0 Å². The number of nitrogens with zero attached hydrogens (tertiary/aromatic N) is 1. The summed E-state index contributed by atoms with van der Waals surface area (Å²) < 4.78 is 0. The van der Waals surface area contributed by atoms with Crippen LogP contribution in [-0.4, -0.2) is 10.2 Å². The standard InChI is InChI=1S/C7H4Cl2N2/c8-5-1-2-6(9)7-4(5)3-10-11-7/h1-3H,(H,10,11). The van der Waals surface area contributed by atoms with Gasteiger partial charge in [-0.15, -0.1) is 0 Å². The summed E-state index contributed by atoms with van der Waals surface area (Å²) in [4.78, 5) is 0. The zero-order valence-corrected chi connectivity index (χ0v) is 6.95. The molecule has 0 bridgehead atoms. The van der Waals surface area contributed by atoms with Gasteiger partial charge >= 0.3 is 0 Å². The Morgan fingerprint density at radius 2 is 1.91 bits per heavy atom. The highest BCUT2D eigenvalue weighted by molar-refractivity contribution is 6.39. The maximum atomic E-state index is 5.85. The number of hydrogen-bond donors (Lipinski definition) is 1. The van der Waals surface area contributed by atoms with Crippen molar-refractivity contribution in [1.82, 2.24) is 10.2 Å². The van der Waals surface area contributed by atoms with Gasteiger partial charge in [0.15, 0.2) is 0 Å². The molecule has 0 unspecified atom stereocenters. The van der Waals surface area contributed by atoms with Gasteiger partial charge in [-0.2, -0.15) is 5.10 Å². The number of fused-ring (bicyclic) bond motifs is 1. The lowest BCUT2D eigenvalue weighted by atomic mass is 10.2. The Morgan fingerprint density at radius 3 is 2.64 bits per heavy atom. The van der Waals surface area contributed by atoms with Gasteiger partial charge in [-0.1, -0.05) is 23.2 Å². The van der Waals surface area contributed by atoms with Gasteiger partial charge in [0.25, 0.3) is 0 Å². The molecule has 0 saturated carbocycles. The van der Waals surface area contributed by atoms with Gasteiger partial charge < -0.3 is 0 Å². The van der Waals surface area contributed by atoms with Crippen molar-refractivity contribution in [2.75, 3.05) is 0 Å². The van der Waals surface area contributed by atoms with E-state index in [0.29, 0.717) is 10.0 Å². The molecule has 0 fully saturated rings. The monoisotopic (exact) mass is 186 g/mol. The van der Waals surface area contributed by atoms with Crippen molar-refractivity contribution < 1.29 is 0 Å². The molecule has 2 rings (SSSR count). The summed E-state index contributed by atoms with van der Waals surface area (Å²) in [5.74, 6) is 0. The van der Waals surface area contributed by atoms with Crippen molar-refractivity contribution in [1.29, 1.82) is 0 Å². The minimum atomic E-state index is 0.616. The van der Waals surface area contributed by atoms with Crippen LogP contribution in [0.3, 0.4) is 0 Å². The van der Waals surface area contributed by atoms with E-state index in [-0.39, 0.29) is 0 Å². The Bertz CT molecular complexity index is 358. The molecule has 1 aromatic carbocycles. The van der Waals surface area contributed by atoms with Crippen LogP contribution < -0.4 is 0 Å². The van der Waals surface area contributed by atoms with Crippen LogP contribution >= 0.6 is 23.2 Å². The molecule has 0 amide bonds. The van der Waals surface area contributed by atoms with Crippen molar-refractivity contribution in [2.45, 2.75) is 0 Å². The largest absolute Gasteiger partial charge is 0.284 e. The van der Waals surface area contributed by atoms with E-state index in [1.165, 1.54) is 0 Å². The minimum absolute atomic E-state index is 0.616. The van der Waals surface area contributed by atoms with Crippen LogP contribution in [0.2, 0.25) is 10.0 Å². The molecule has 2 nitrogen and oxygen atoms in total. The lowest BCUT2D eigenvalue weighted by Gasteiger charge is -1.92. The highest BCUT2D eigenvalue weighted by Crippen LogP contribution is 2.27. The molecular weight excluding hydrogens is 183 g/mol. The SMILES string of the molecule is Clc1ccc(Cl)c2n[nH]cc12. The first kappa shape index (κ1) is 6.95. The zero-order chi connectivity index (χ0) is 7.84. The van der Waals surface area contributed by atoms with E-state index in [1.807, 2.05) is 0 Å². The third-order valence-electron chi connectivity index (χ3n) is 1.50. The summed E-state index contributed by atoms with van der Waals surface area (Å²) in [6.07, 6.45) is 1.73. The lowest BCUT2D eigenvalue weighted by molar-refractivity contribution is 1.12. The number of rotatable bonds is 0. The van der Waals surface area contributed by atoms with Crippen LogP contribution in [0.1, 0.15) is 0 Å². The molecule has 11 heavy (non-hydrogen) atoms. The van der Waals surface area contributed by atoms with E-state index in [1.54, 1.807) is 18.3 Å². The van der Waals surface area contributed by atoms with Crippen molar-refractivity contribution >= 4 is 34.1 Å². The van der Waals surface area contributed by atoms with E-state index in [9.17, 15) is 0 Å². The molecule has 2 aromatic rings. The summed E-state index contributed by atoms with van der Waals surface area (Å²) in [6, 6.07) is 3.48. The Balaban J connectivity index is 2.96. The Kier molecular flexibility index (Phi) is 1.51. The molecule has 0 aliphatic rings. The van der Waals surface area contributed by atoms with E-state index in [4.69, 9.17) is 23.2 Å². The van der Waals surface area contributed by atoms with Crippen LogP contribution in [0.4, 0.5) is 0 Å². The van der Waals surface area contributed by atoms with Crippen LogP contribution in [0, 0.1) is 0 Å². The predicted molar refractivity (Wildman–Crippen MR) is 46.1 cm³/mol. The van der Waals surface area contributed by atoms with E-state index in [2.05, 4.69) is 10.2 Å². The first-order valence-electron chi connectivity index (χ1n) is 3.06. The Labute approximate surface area is 73.1 Å². The van der Waals surface area contributed by atoms with Gasteiger partial charge in [0.2, 0.25) is 0 Å². The molecule has 0 radical (unpaired) electrons. The summed E-state index contributed by atoms with van der Waals surface area (Å²) >= 11 is 11.7. The fraction of sp³-hybridized carbons (Fsp3) is 0. The average molecular weight is 187 g/mol. The number of hydrogen-bond acceptors (Lipinski definition) is 1. The Morgan fingerprint density at radius 1 is 1.18 bits per heavy atom. The number of benzene rings is 1. The van der Waals surface area contributed by atoms with Crippen LogP contribution in [0.15, 0.2) is 18.3 Å². The topological polar surface area (TPSA) is 28.7 Å². The predicted octanol–water partition coefficient (Wildman–Crippen LogP) is 2.87. The molecule has 56 valence electrons. The maximum absolute atomic E-state index is 5.85. The maximum Gasteiger partial charge on any atom is 0.112 e. The first-order chi connectivity index (χ1) is 5.29. The van der Waals surface area contributed by atoms with Crippen molar-refractivity contribution in [2.24, 2.45) is 0 Å². The minimum Gasteiger partial charge on any atom is -0.284 e. The summed E-state index contributed by atoms with van der Waals surface area (Å²) in [5, 5.41) is 8.78. The van der Waals surface area contributed by atoms with Crippen LogP contribution in [0.5, 0.6) is 0 Å². The molecule has 1 aromatic heterocycles. The van der Waals surface area contributed by atoms with Crippen LogP contribution in [-0.2, 0) is 0 Å². The van der Waals surface area contributed by atoms with Gasteiger partial charge in [-0.3, -0.25) is 5.10 Å². The van der Waals surface area contributed by atoms with Gasteiger partial charge in [-0.05, 0) is 12.1 Å². The summed E-state index contributed by atoms with van der Waals surface area (Å²) in [7, 11) is 0.